The van der Waals surface area contributed by atoms with Gasteiger partial charge in [-0.1, -0.05) is 15.9 Å². The van der Waals surface area contributed by atoms with Gasteiger partial charge in [0.2, 0.25) is 0 Å². The smallest absolute Gasteiger partial charge is 0.0590 e. The van der Waals surface area contributed by atoms with E-state index in [9.17, 15) is 0 Å². The first-order valence-electron chi connectivity index (χ1n) is 5.56. The van der Waals surface area contributed by atoms with Crippen LogP contribution in [-0.2, 0) is 0 Å². The maximum absolute atomic E-state index is 8.65. The molecule has 4 heteroatoms. The fourth-order valence-electron chi connectivity index (χ4n) is 1.49. The van der Waals surface area contributed by atoms with Crippen molar-refractivity contribution in [2.24, 2.45) is 0 Å². The second-order valence-corrected chi connectivity index (χ2v) is 4.70. The molecule has 1 aromatic rings. The Morgan fingerprint density at radius 3 is 2.75 bits per heavy atom. The number of rotatable bonds is 6. The number of unbranched alkanes of at least 4 members (excludes halogenated alkanes) is 2. The maximum atomic E-state index is 8.65. The zero-order chi connectivity index (χ0) is 12.0. The van der Waals surface area contributed by atoms with Gasteiger partial charge >= 0.3 is 0 Å². The van der Waals surface area contributed by atoms with Crippen LogP contribution in [-0.4, -0.2) is 18.3 Å². The monoisotopic (exact) mass is 286 g/mol. The Morgan fingerprint density at radius 2 is 2.06 bits per heavy atom. The third-order valence-electron chi connectivity index (χ3n) is 2.60. The Balaban J connectivity index is 2.45. The van der Waals surface area contributed by atoms with Gasteiger partial charge in [-0.25, -0.2) is 0 Å². The third kappa shape index (κ3) is 3.68. The van der Waals surface area contributed by atoms with Crippen molar-refractivity contribution in [3.8, 4) is 0 Å². The third-order valence-corrected chi connectivity index (χ3v) is 3.46. The fraction of sp³-hybridized carbons (Fsp3) is 0.500. The molecule has 0 saturated heterocycles. The van der Waals surface area contributed by atoms with Gasteiger partial charge in [0.1, 0.15) is 0 Å². The van der Waals surface area contributed by atoms with Gasteiger partial charge in [-0.3, -0.25) is 0 Å². The highest BCUT2D eigenvalue weighted by molar-refractivity contribution is 9.10. The van der Waals surface area contributed by atoms with Crippen LogP contribution in [0.25, 0.3) is 0 Å². The van der Waals surface area contributed by atoms with Crippen molar-refractivity contribution in [2.45, 2.75) is 26.2 Å². The van der Waals surface area contributed by atoms with E-state index in [-0.39, 0.29) is 6.61 Å². The second-order valence-electron chi connectivity index (χ2n) is 3.84. The Labute approximate surface area is 105 Å². The summed E-state index contributed by atoms with van der Waals surface area (Å²) in [5.74, 6) is 0. The van der Waals surface area contributed by atoms with Gasteiger partial charge in [0, 0.05) is 17.6 Å². The molecule has 0 radical (unpaired) electrons. The fourth-order valence-corrected chi connectivity index (χ4v) is 1.84. The summed E-state index contributed by atoms with van der Waals surface area (Å²) < 4.78 is 1.04. The summed E-state index contributed by atoms with van der Waals surface area (Å²) in [6.45, 7) is 3.17. The number of halogens is 1. The predicted molar refractivity (Wildman–Crippen MR) is 72.7 cm³/mol. The summed E-state index contributed by atoms with van der Waals surface area (Å²) in [6.07, 6.45) is 2.96. The van der Waals surface area contributed by atoms with Gasteiger partial charge in [-0.05, 0) is 43.9 Å². The van der Waals surface area contributed by atoms with Crippen LogP contribution in [0.1, 0.15) is 24.8 Å². The minimum absolute atomic E-state index is 0.277. The summed E-state index contributed by atoms with van der Waals surface area (Å²) >= 11 is 3.45. The molecule has 0 amide bonds. The first-order valence-corrected chi connectivity index (χ1v) is 6.35. The number of aliphatic hydroxyl groups is 1. The lowest BCUT2D eigenvalue weighted by atomic mass is 10.1. The lowest BCUT2D eigenvalue weighted by Gasteiger charge is -2.12. The molecule has 0 bridgehead atoms. The van der Waals surface area contributed by atoms with Crippen LogP contribution in [0.5, 0.6) is 0 Å². The van der Waals surface area contributed by atoms with Crippen LogP contribution in [0.2, 0.25) is 0 Å². The van der Waals surface area contributed by atoms with Gasteiger partial charge in [0.25, 0.3) is 0 Å². The number of hydrogen-bond acceptors (Lipinski definition) is 3. The Morgan fingerprint density at radius 1 is 1.31 bits per heavy atom. The molecule has 0 saturated carbocycles. The number of nitrogen functional groups attached to an aromatic ring is 1. The van der Waals surface area contributed by atoms with Crippen LogP contribution < -0.4 is 11.1 Å². The highest BCUT2D eigenvalue weighted by Crippen LogP contribution is 2.28. The largest absolute Gasteiger partial charge is 0.397 e. The molecule has 1 rings (SSSR count). The minimum atomic E-state index is 0.277. The molecule has 0 aliphatic rings. The number of anilines is 2. The molecule has 1 aromatic carbocycles. The predicted octanol–water partition coefficient (Wildman–Crippen LogP) is 2.91. The standard InChI is InChI=1S/C12H19BrN2O/c1-9-10(13)5-6-11(12(9)14)15-7-3-2-4-8-16/h5-6,15-16H,2-4,7-8,14H2,1H3. The summed E-state index contributed by atoms with van der Waals surface area (Å²) in [4.78, 5) is 0. The van der Waals surface area contributed by atoms with Crippen LogP contribution >= 0.6 is 15.9 Å². The van der Waals surface area contributed by atoms with Gasteiger partial charge in [0.05, 0.1) is 11.4 Å². The molecular formula is C12H19BrN2O. The Kier molecular flexibility index (Phi) is 5.63. The van der Waals surface area contributed by atoms with Gasteiger partial charge < -0.3 is 16.2 Å². The second kappa shape index (κ2) is 6.76. The first kappa shape index (κ1) is 13.3. The molecule has 0 atom stereocenters. The van der Waals surface area contributed by atoms with E-state index in [0.717, 1.165) is 47.2 Å². The van der Waals surface area contributed by atoms with E-state index in [4.69, 9.17) is 10.8 Å². The van der Waals surface area contributed by atoms with Gasteiger partial charge in [-0.2, -0.15) is 0 Å². The summed E-state index contributed by atoms with van der Waals surface area (Å²) in [6, 6.07) is 3.99. The Bertz CT molecular complexity index is 342. The van der Waals surface area contributed by atoms with E-state index in [0.29, 0.717) is 0 Å². The lowest BCUT2D eigenvalue weighted by molar-refractivity contribution is 0.283. The average Bonchev–Trinajstić information content (AvgIpc) is 2.28. The van der Waals surface area contributed by atoms with Crippen LogP contribution in [0.15, 0.2) is 16.6 Å². The number of hydrogen-bond donors (Lipinski definition) is 3. The molecule has 0 heterocycles. The molecule has 3 nitrogen and oxygen atoms in total. The topological polar surface area (TPSA) is 58.3 Å². The molecule has 90 valence electrons. The van der Waals surface area contributed by atoms with E-state index in [1.807, 2.05) is 19.1 Å². The number of nitrogens with one attached hydrogen (secondary N) is 1. The van der Waals surface area contributed by atoms with Crippen LogP contribution in [0, 0.1) is 6.92 Å². The van der Waals surface area contributed by atoms with Crippen molar-refractivity contribution < 1.29 is 5.11 Å². The minimum Gasteiger partial charge on any atom is -0.397 e. The van der Waals surface area contributed by atoms with E-state index in [1.54, 1.807) is 0 Å². The van der Waals surface area contributed by atoms with Crippen molar-refractivity contribution in [2.75, 3.05) is 24.2 Å². The van der Waals surface area contributed by atoms with Crippen molar-refractivity contribution in [1.82, 2.24) is 0 Å². The zero-order valence-corrected chi connectivity index (χ0v) is 11.2. The Hall–Kier alpha value is -0.740. The van der Waals surface area contributed by atoms with Crippen molar-refractivity contribution in [1.29, 1.82) is 0 Å². The number of aliphatic hydroxyl groups excluding tert-OH is 1. The van der Waals surface area contributed by atoms with E-state index >= 15 is 0 Å². The van der Waals surface area contributed by atoms with E-state index in [1.165, 1.54) is 0 Å². The van der Waals surface area contributed by atoms with Crippen molar-refractivity contribution >= 4 is 27.3 Å². The molecular weight excluding hydrogens is 268 g/mol. The summed E-state index contributed by atoms with van der Waals surface area (Å²) in [5, 5.41) is 12.0. The summed E-state index contributed by atoms with van der Waals surface area (Å²) in [7, 11) is 0. The highest BCUT2D eigenvalue weighted by atomic mass is 79.9. The molecule has 0 unspecified atom stereocenters. The molecule has 16 heavy (non-hydrogen) atoms. The molecule has 0 spiro atoms. The molecule has 0 fully saturated rings. The molecule has 4 N–H and O–H groups in total. The van der Waals surface area contributed by atoms with Gasteiger partial charge in [-0.15, -0.1) is 0 Å². The average molecular weight is 287 g/mol. The lowest BCUT2D eigenvalue weighted by Crippen LogP contribution is -2.05. The quantitative estimate of drug-likeness (QED) is 0.557. The van der Waals surface area contributed by atoms with E-state index in [2.05, 4.69) is 21.2 Å². The highest BCUT2D eigenvalue weighted by Gasteiger charge is 2.04. The van der Waals surface area contributed by atoms with Crippen LogP contribution in [0.3, 0.4) is 0 Å². The molecule has 0 aromatic heterocycles. The summed E-state index contributed by atoms with van der Waals surface area (Å²) in [5.41, 5.74) is 8.85. The van der Waals surface area contributed by atoms with Crippen molar-refractivity contribution in [3.63, 3.8) is 0 Å². The van der Waals surface area contributed by atoms with E-state index < -0.39 is 0 Å². The van der Waals surface area contributed by atoms with Crippen LogP contribution in [0.4, 0.5) is 11.4 Å². The first-order chi connectivity index (χ1) is 7.66. The number of benzene rings is 1. The SMILES string of the molecule is Cc1c(Br)ccc(NCCCCCO)c1N. The maximum Gasteiger partial charge on any atom is 0.0590 e. The van der Waals surface area contributed by atoms with Gasteiger partial charge in [0.15, 0.2) is 0 Å². The molecule has 0 aliphatic heterocycles. The number of nitrogens with two attached hydrogens (primary N) is 1. The zero-order valence-electron chi connectivity index (χ0n) is 9.59. The van der Waals surface area contributed by atoms with Crippen molar-refractivity contribution in [3.05, 3.63) is 22.2 Å². The molecule has 0 aliphatic carbocycles. The normalized spacial score (nSPS) is 10.4.